The van der Waals surface area contributed by atoms with Gasteiger partial charge in [0, 0.05) is 19.7 Å². The summed E-state index contributed by atoms with van der Waals surface area (Å²) in [6.07, 6.45) is 3.11. The number of carbonyl (C=O) groups excluding carboxylic acids is 2. The molecule has 0 aliphatic carbocycles. The van der Waals surface area contributed by atoms with Crippen LogP contribution >= 0.6 is 0 Å². The summed E-state index contributed by atoms with van der Waals surface area (Å²) in [7, 11) is 1.83. The maximum absolute atomic E-state index is 12.0. The Morgan fingerprint density at radius 3 is 2.43 bits per heavy atom. The van der Waals surface area contributed by atoms with Gasteiger partial charge in [-0.25, -0.2) is 0 Å². The highest BCUT2D eigenvalue weighted by Crippen LogP contribution is 2.14. The predicted octanol–water partition coefficient (Wildman–Crippen LogP) is 2.81. The van der Waals surface area contributed by atoms with Crippen LogP contribution < -0.4 is 4.74 Å². The van der Waals surface area contributed by atoms with Crippen LogP contribution in [0.15, 0.2) is 42.6 Å². The molecule has 0 atom stereocenters. The maximum Gasteiger partial charge on any atom is 0.216 e. The van der Waals surface area contributed by atoms with Gasteiger partial charge >= 0.3 is 0 Å². The lowest BCUT2D eigenvalue weighted by atomic mass is 10.1. The molecule has 0 aliphatic rings. The minimum atomic E-state index is -0.0526. The average molecular weight is 285 g/mol. The molecule has 2 rings (SSSR count). The van der Waals surface area contributed by atoms with E-state index in [2.05, 4.69) is 0 Å². The van der Waals surface area contributed by atoms with Gasteiger partial charge < -0.3 is 14.1 Å². The fourth-order valence-electron chi connectivity index (χ4n) is 2.05. The second kappa shape index (κ2) is 6.88. The van der Waals surface area contributed by atoms with E-state index in [1.165, 1.54) is 0 Å². The topological polar surface area (TPSA) is 48.3 Å². The standard InChI is InChI=1S/C17H19NO3/c1-13(19)5-6-14-7-9-15(10-8-14)21-12-17(20)16-4-3-11-18(16)2/h3-4,7-11H,5-6,12H2,1-2H3. The zero-order valence-corrected chi connectivity index (χ0v) is 12.3. The minimum Gasteiger partial charge on any atom is -0.485 e. The van der Waals surface area contributed by atoms with Gasteiger partial charge in [-0.05, 0) is 43.2 Å². The minimum absolute atomic E-state index is 0.0185. The summed E-state index contributed by atoms with van der Waals surface area (Å²) in [6.45, 7) is 1.61. The number of ether oxygens (including phenoxy) is 1. The quantitative estimate of drug-likeness (QED) is 0.735. The fraction of sp³-hybridized carbons (Fsp3) is 0.294. The van der Waals surface area contributed by atoms with Gasteiger partial charge in [0.15, 0.2) is 6.61 Å². The number of ketones is 2. The van der Waals surface area contributed by atoms with Gasteiger partial charge in [-0.1, -0.05) is 12.1 Å². The van der Waals surface area contributed by atoms with Gasteiger partial charge in [-0.3, -0.25) is 4.79 Å². The van der Waals surface area contributed by atoms with Gasteiger partial charge in [-0.15, -0.1) is 0 Å². The van der Waals surface area contributed by atoms with E-state index in [1.54, 1.807) is 17.6 Å². The molecule has 1 aromatic heterocycles. The molecular weight excluding hydrogens is 266 g/mol. The van der Waals surface area contributed by atoms with Crippen molar-refractivity contribution in [2.45, 2.75) is 19.8 Å². The number of hydrogen-bond donors (Lipinski definition) is 0. The van der Waals surface area contributed by atoms with Crippen LogP contribution in [0.5, 0.6) is 5.75 Å². The molecule has 110 valence electrons. The summed E-state index contributed by atoms with van der Waals surface area (Å²) in [5.74, 6) is 0.788. The number of rotatable bonds is 7. The Kier molecular flexibility index (Phi) is 4.93. The Morgan fingerprint density at radius 2 is 1.86 bits per heavy atom. The lowest BCUT2D eigenvalue weighted by Gasteiger charge is -2.07. The van der Waals surface area contributed by atoms with Crippen LogP contribution in [-0.4, -0.2) is 22.7 Å². The molecule has 2 aromatic rings. The van der Waals surface area contributed by atoms with Crippen LogP contribution in [0, 0.1) is 0 Å². The predicted molar refractivity (Wildman–Crippen MR) is 80.7 cm³/mol. The van der Waals surface area contributed by atoms with E-state index in [1.807, 2.05) is 43.6 Å². The lowest BCUT2D eigenvalue weighted by molar-refractivity contribution is -0.116. The van der Waals surface area contributed by atoms with Crippen molar-refractivity contribution in [1.82, 2.24) is 4.57 Å². The van der Waals surface area contributed by atoms with E-state index in [4.69, 9.17) is 4.74 Å². The van der Waals surface area contributed by atoms with Gasteiger partial charge in [0.05, 0.1) is 5.69 Å². The van der Waals surface area contributed by atoms with Crippen LogP contribution in [0.4, 0.5) is 0 Å². The largest absolute Gasteiger partial charge is 0.485 e. The second-order valence-electron chi connectivity index (χ2n) is 5.06. The number of Topliss-reactive ketones (excluding diaryl/α,β-unsaturated/α-hetero) is 2. The highest BCUT2D eigenvalue weighted by atomic mass is 16.5. The van der Waals surface area contributed by atoms with Crippen LogP contribution in [0.2, 0.25) is 0 Å². The van der Waals surface area contributed by atoms with Crippen molar-refractivity contribution in [2.75, 3.05) is 6.61 Å². The number of carbonyl (C=O) groups is 2. The number of nitrogens with zero attached hydrogens (tertiary/aromatic N) is 1. The number of aryl methyl sites for hydroxylation is 2. The van der Waals surface area contributed by atoms with Crippen LogP contribution in [-0.2, 0) is 18.3 Å². The van der Waals surface area contributed by atoms with Crippen LogP contribution in [0.25, 0.3) is 0 Å². The molecule has 4 nitrogen and oxygen atoms in total. The molecular formula is C17H19NO3. The first kappa shape index (κ1) is 15.0. The molecule has 0 saturated heterocycles. The highest BCUT2D eigenvalue weighted by molar-refractivity contribution is 5.95. The Labute approximate surface area is 124 Å². The first-order valence-electron chi connectivity index (χ1n) is 6.92. The van der Waals surface area contributed by atoms with E-state index in [9.17, 15) is 9.59 Å². The molecule has 21 heavy (non-hydrogen) atoms. The molecule has 1 heterocycles. The number of aromatic nitrogens is 1. The smallest absolute Gasteiger partial charge is 0.216 e. The third-order valence-corrected chi connectivity index (χ3v) is 3.29. The van der Waals surface area contributed by atoms with Gasteiger partial charge in [0.2, 0.25) is 5.78 Å². The molecule has 0 aliphatic heterocycles. The first-order chi connectivity index (χ1) is 10.1. The lowest BCUT2D eigenvalue weighted by Crippen LogP contribution is -2.14. The fourth-order valence-corrected chi connectivity index (χ4v) is 2.05. The molecule has 0 radical (unpaired) electrons. The Hall–Kier alpha value is -2.36. The first-order valence-corrected chi connectivity index (χ1v) is 6.92. The molecule has 0 spiro atoms. The molecule has 4 heteroatoms. The van der Waals surface area contributed by atoms with Gasteiger partial charge in [-0.2, -0.15) is 0 Å². The Balaban J connectivity index is 1.87. The normalized spacial score (nSPS) is 10.4. The van der Waals surface area contributed by atoms with Crippen LogP contribution in [0.1, 0.15) is 29.4 Å². The SMILES string of the molecule is CC(=O)CCc1ccc(OCC(=O)c2cccn2C)cc1. The number of benzene rings is 1. The molecule has 0 N–H and O–H groups in total. The molecule has 0 bridgehead atoms. The van der Waals surface area contributed by atoms with E-state index in [-0.39, 0.29) is 18.2 Å². The highest BCUT2D eigenvalue weighted by Gasteiger charge is 2.09. The van der Waals surface area contributed by atoms with Crippen molar-refractivity contribution in [3.8, 4) is 5.75 Å². The van der Waals surface area contributed by atoms with Crippen LogP contribution in [0.3, 0.4) is 0 Å². The third-order valence-electron chi connectivity index (χ3n) is 3.29. The molecule has 0 amide bonds. The van der Waals surface area contributed by atoms with Crippen molar-refractivity contribution >= 4 is 11.6 Å². The summed E-state index contributed by atoms with van der Waals surface area (Å²) in [4.78, 5) is 22.9. The van der Waals surface area contributed by atoms with Gasteiger partial charge in [0.25, 0.3) is 0 Å². The second-order valence-corrected chi connectivity index (χ2v) is 5.06. The van der Waals surface area contributed by atoms with Gasteiger partial charge in [0.1, 0.15) is 11.5 Å². The summed E-state index contributed by atoms with van der Waals surface area (Å²) >= 11 is 0. The zero-order chi connectivity index (χ0) is 15.2. The Morgan fingerprint density at radius 1 is 1.14 bits per heavy atom. The third kappa shape index (κ3) is 4.31. The molecule has 0 unspecified atom stereocenters. The zero-order valence-electron chi connectivity index (χ0n) is 12.3. The monoisotopic (exact) mass is 285 g/mol. The van der Waals surface area contributed by atoms with Crippen molar-refractivity contribution in [1.29, 1.82) is 0 Å². The van der Waals surface area contributed by atoms with E-state index in [0.29, 0.717) is 17.9 Å². The van der Waals surface area contributed by atoms with E-state index >= 15 is 0 Å². The molecule has 1 aromatic carbocycles. The molecule has 0 saturated carbocycles. The summed E-state index contributed by atoms with van der Waals surface area (Å²) in [5, 5.41) is 0. The maximum atomic E-state index is 12.0. The molecule has 0 fully saturated rings. The van der Waals surface area contributed by atoms with Crippen molar-refractivity contribution in [3.05, 3.63) is 53.9 Å². The average Bonchev–Trinajstić information content (AvgIpc) is 2.90. The van der Waals surface area contributed by atoms with Crippen molar-refractivity contribution in [3.63, 3.8) is 0 Å². The number of hydrogen-bond acceptors (Lipinski definition) is 3. The Bertz CT molecular complexity index is 626. The van der Waals surface area contributed by atoms with E-state index < -0.39 is 0 Å². The van der Waals surface area contributed by atoms with Crippen molar-refractivity contribution in [2.24, 2.45) is 7.05 Å². The van der Waals surface area contributed by atoms with E-state index in [0.717, 1.165) is 12.0 Å². The van der Waals surface area contributed by atoms with Crippen molar-refractivity contribution < 1.29 is 14.3 Å². The summed E-state index contributed by atoms with van der Waals surface area (Å²) in [6, 6.07) is 11.1. The summed E-state index contributed by atoms with van der Waals surface area (Å²) in [5.41, 5.74) is 1.72. The summed E-state index contributed by atoms with van der Waals surface area (Å²) < 4.78 is 7.27.